The van der Waals surface area contributed by atoms with E-state index in [4.69, 9.17) is 14.2 Å². The molecule has 5 atom stereocenters. The van der Waals surface area contributed by atoms with E-state index in [2.05, 4.69) is 0 Å². The van der Waals surface area contributed by atoms with Gasteiger partial charge in [-0.1, -0.05) is 0 Å². The molecule has 7 N–H and O–H groups in total. The van der Waals surface area contributed by atoms with Gasteiger partial charge in [0.05, 0.1) is 0 Å². The van der Waals surface area contributed by atoms with Gasteiger partial charge in [-0.2, -0.15) is 0 Å². The van der Waals surface area contributed by atoms with Gasteiger partial charge in [0.2, 0.25) is 6.29 Å². The van der Waals surface area contributed by atoms with E-state index >= 15 is 0 Å². The molecule has 0 amide bonds. The van der Waals surface area contributed by atoms with E-state index in [0.717, 1.165) is 36.4 Å². The molecule has 2 aromatic rings. The first kappa shape index (κ1) is 23.1. The molecule has 0 saturated carbocycles. The van der Waals surface area contributed by atoms with Gasteiger partial charge < -0.3 is 50.0 Å². The molecule has 0 unspecified atom stereocenters. The van der Waals surface area contributed by atoms with Gasteiger partial charge in [0.15, 0.2) is 0 Å². The van der Waals surface area contributed by atoms with E-state index in [1.807, 2.05) is 0 Å². The van der Waals surface area contributed by atoms with Crippen molar-refractivity contribution < 1.29 is 59.5 Å². The van der Waals surface area contributed by atoms with Gasteiger partial charge in [0.1, 0.15) is 65.1 Å². The number of aliphatic hydroxyl groups excluding tert-OH is 3. The fourth-order valence-electron chi connectivity index (χ4n) is 2.99. The summed E-state index contributed by atoms with van der Waals surface area (Å²) in [5.74, 6) is -3.95. The molecule has 0 spiro atoms. The van der Waals surface area contributed by atoms with Gasteiger partial charge in [-0.25, -0.2) is 9.59 Å². The summed E-state index contributed by atoms with van der Waals surface area (Å²) < 4.78 is 15.7. The molecule has 1 fully saturated rings. The molecule has 32 heavy (non-hydrogen) atoms. The minimum atomic E-state index is -1.81. The largest absolute Gasteiger partial charge is 0.508 e. The zero-order chi connectivity index (χ0) is 23.6. The maximum atomic E-state index is 12.2. The van der Waals surface area contributed by atoms with Gasteiger partial charge in [-0.05, 0) is 36.4 Å². The quantitative estimate of drug-likeness (QED) is 0.220. The zero-order valence-corrected chi connectivity index (χ0v) is 16.2. The summed E-state index contributed by atoms with van der Waals surface area (Å²) in [6, 6.07) is 6.31. The Morgan fingerprint density at radius 1 is 0.875 bits per heavy atom. The Labute approximate surface area is 180 Å². The van der Waals surface area contributed by atoms with E-state index in [1.54, 1.807) is 0 Å². The maximum Gasteiger partial charge on any atom is 0.342 e. The van der Waals surface area contributed by atoms with Crippen LogP contribution < -0.4 is 4.74 Å². The van der Waals surface area contributed by atoms with E-state index in [0.29, 0.717) is 0 Å². The topological polar surface area (TPSA) is 203 Å². The van der Waals surface area contributed by atoms with Crippen molar-refractivity contribution in [2.24, 2.45) is 0 Å². The lowest BCUT2D eigenvalue weighted by molar-refractivity contribution is -0.277. The minimum absolute atomic E-state index is 0.302. The van der Waals surface area contributed by atoms with Gasteiger partial charge in [-0.3, -0.25) is 0 Å². The number of carbonyl (C=O) groups is 2. The van der Waals surface area contributed by atoms with Crippen molar-refractivity contribution in [3.63, 3.8) is 0 Å². The molecule has 3 rings (SSSR count). The van der Waals surface area contributed by atoms with Crippen molar-refractivity contribution in [3.8, 4) is 23.0 Å². The first-order chi connectivity index (χ1) is 15.1. The Morgan fingerprint density at radius 3 is 2.16 bits per heavy atom. The number of hydrogen-bond donors (Lipinski definition) is 7. The number of ether oxygens (including phenoxy) is 3. The lowest BCUT2D eigenvalue weighted by atomic mass is 9.99. The molecule has 0 radical (unpaired) electrons. The number of aliphatic hydroxyl groups is 3. The van der Waals surface area contributed by atoms with Crippen molar-refractivity contribution in [3.05, 3.63) is 47.5 Å². The van der Waals surface area contributed by atoms with Crippen LogP contribution in [0.4, 0.5) is 0 Å². The number of phenols is 3. The molecule has 1 aliphatic heterocycles. The lowest BCUT2D eigenvalue weighted by Crippen LogP contribution is -2.60. The first-order valence-corrected chi connectivity index (χ1v) is 9.20. The summed E-state index contributed by atoms with van der Waals surface area (Å²) in [5, 5.41) is 68.3. The van der Waals surface area contributed by atoms with Crippen molar-refractivity contribution >= 4 is 11.9 Å². The van der Waals surface area contributed by atoms with E-state index < -0.39 is 60.6 Å². The minimum Gasteiger partial charge on any atom is -0.508 e. The molecular weight excluding hydrogens is 432 g/mol. The second kappa shape index (κ2) is 9.28. The Balaban J connectivity index is 1.74. The maximum absolute atomic E-state index is 12.2. The Hall–Kier alpha value is -3.58. The normalized spacial score (nSPS) is 25.2. The molecule has 1 aliphatic rings. The molecule has 0 aliphatic carbocycles. The van der Waals surface area contributed by atoms with Crippen molar-refractivity contribution in [1.29, 1.82) is 0 Å². The predicted octanol–water partition coefficient (Wildman–Crippen LogP) is -0.455. The van der Waals surface area contributed by atoms with Crippen LogP contribution in [-0.2, 0) is 9.47 Å². The summed E-state index contributed by atoms with van der Waals surface area (Å²) >= 11 is 0. The molecule has 0 bridgehead atoms. The number of carboxylic acids is 1. The van der Waals surface area contributed by atoms with Crippen molar-refractivity contribution in [1.82, 2.24) is 0 Å². The predicted molar refractivity (Wildman–Crippen MR) is 102 cm³/mol. The number of aromatic carboxylic acids is 1. The number of benzene rings is 2. The second-order valence-electron chi connectivity index (χ2n) is 6.92. The molecule has 12 heteroatoms. The Bertz CT molecular complexity index is 1010. The lowest BCUT2D eigenvalue weighted by Gasteiger charge is -2.40. The highest BCUT2D eigenvalue weighted by Crippen LogP contribution is 2.29. The van der Waals surface area contributed by atoms with Crippen molar-refractivity contribution in [2.45, 2.75) is 30.7 Å². The summed E-state index contributed by atoms with van der Waals surface area (Å²) in [7, 11) is 0. The first-order valence-electron chi connectivity index (χ1n) is 9.20. The highest BCUT2D eigenvalue weighted by atomic mass is 16.7. The van der Waals surface area contributed by atoms with Gasteiger partial charge in [0, 0.05) is 0 Å². The Kier molecular flexibility index (Phi) is 6.69. The molecule has 2 aromatic carbocycles. The molecule has 12 nitrogen and oxygen atoms in total. The van der Waals surface area contributed by atoms with Crippen LogP contribution in [0.15, 0.2) is 36.4 Å². The highest BCUT2D eigenvalue weighted by molar-refractivity contribution is 5.93. The number of rotatable bonds is 6. The average Bonchev–Trinajstić information content (AvgIpc) is 2.75. The summed E-state index contributed by atoms with van der Waals surface area (Å²) in [6.07, 6.45) is -8.41. The Morgan fingerprint density at radius 2 is 1.50 bits per heavy atom. The molecule has 0 aromatic heterocycles. The highest BCUT2D eigenvalue weighted by Gasteiger charge is 2.45. The van der Waals surface area contributed by atoms with Crippen LogP contribution in [0.25, 0.3) is 0 Å². The summed E-state index contributed by atoms with van der Waals surface area (Å²) in [5.41, 5.74) is -0.817. The third-order valence-electron chi connectivity index (χ3n) is 4.68. The standard InChI is InChI=1S/C20H20O12/c21-8-1-3-12(23)10(5-8)19(29)30-7-14-15(24)16(25)17(26)20(32-14)31-13-4-2-9(22)6-11(13)18(27)28/h1-6,14-17,20-26H,7H2,(H,27,28)/t14-,15-,16+,17-,20-/m1/s1. The number of carbonyl (C=O) groups excluding carboxylic acids is 1. The monoisotopic (exact) mass is 452 g/mol. The van der Waals surface area contributed by atoms with Gasteiger partial charge >= 0.3 is 11.9 Å². The van der Waals surface area contributed by atoms with Crippen LogP contribution in [0.2, 0.25) is 0 Å². The summed E-state index contributed by atoms with van der Waals surface area (Å²) in [4.78, 5) is 23.5. The van der Waals surface area contributed by atoms with Crippen molar-refractivity contribution in [2.75, 3.05) is 6.61 Å². The number of carboxylic acid groups (broad SMARTS) is 1. The van der Waals surface area contributed by atoms with Crippen LogP contribution in [0.1, 0.15) is 20.7 Å². The number of hydrogen-bond acceptors (Lipinski definition) is 11. The van der Waals surface area contributed by atoms with Crippen LogP contribution in [0, 0.1) is 0 Å². The SMILES string of the molecule is O=C(OC[C@H]1O[C@@H](Oc2ccc(O)cc2C(=O)O)[C@H](O)[C@@H](O)[C@@H]1O)c1cc(O)ccc1O. The molecule has 172 valence electrons. The van der Waals surface area contributed by atoms with Crippen LogP contribution in [0.3, 0.4) is 0 Å². The van der Waals surface area contributed by atoms with E-state index in [9.17, 15) is 45.3 Å². The van der Waals surface area contributed by atoms with Gasteiger partial charge in [0.25, 0.3) is 0 Å². The second-order valence-corrected chi connectivity index (χ2v) is 6.92. The van der Waals surface area contributed by atoms with E-state index in [1.165, 1.54) is 0 Å². The third-order valence-corrected chi connectivity index (χ3v) is 4.68. The number of aromatic hydroxyl groups is 3. The zero-order valence-electron chi connectivity index (χ0n) is 16.2. The van der Waals surface area contributed by atoms with Crippen LogP contribution >= 0.6 is 0 Å². The fourth-order valence-corrected chi connectivity index (χ4v) is 2.99. The number of phenolic OH excluding ortho intramolecular Hbond substituents is 3. The summed E-state index contributed by atoms with van der Waals surface area (Å²) in [6.45, 7) is -0.653. The third kappa shape index (κ3) is 4.84. The fraction of sp³-hybridized carbons (Fsp3) is 0.300. The molecule has 1 heterocycles. The van der Waals surface area contributed by atoms with Crippen LogP contribution in [0.5, 0.6) is 23.0 Å². The van der Waals surface area contributed by atoms with Gasteiger partial charge in [-0.15, -0.1) is 0 Å². The molecular formula is C20H20O12. The van der Waals surface area contributed by atoms with E-state index in [-0.39, 0.29) is 22.8 Å². The average molecular weight is 452 g/mol. The smallest absolute Gasteiger partial charge is 0.342 e. The molecule has 1 saturated heterocycles. The number of esters is 1. The van der Waals surface area contributed by atoms with Crippen LogP contribution in [-0.4, -0.2) is 85.0 Å².